The van der Waals surface area contributed by atoms with Crippen molar-refractivity contribution in [2.75, 3.05) is 29.4 Å². The standard InChI is InChI=1S/C19H19FN6O2/c20-12-4-6-25(10-12)17-2-1-13(8-24-17)23-9-15-16(21)11-26(19(15)28)18-7-14(27)3-5-22-18/h1-3,5,7-9,12H,4,6,10-11,21H2,(H,22,27)/t12-/m0/s1. The van der Waals surface area contributed by atoms with Crippen molar-refractivity contribution in [1.82, 2.24) is 9.97 Å². The Morgan fingerprint density at radius 1 is 1.32 bits per heavy atom. The van der Waals surface area contributed by atoms with Gasteiger partial charge in [0, 0.05) is 36.8 Å². The molecule has 0 spiro atoms. The van der Waals surface area contributed by atoms with Crippen LogP contribution in [-0.2, 0) is 4.79 Å². The zero-order valence-electron chi connectivity index (χ0n) is 15.0. The molecule has 0 aliphatic carbocycles. The topological polar surface area (TPSA) is 108 Å². The summed E-state index contributed by atoms with van der Waals surface area (Å²) >= 11 is 0. The van der Waals surface area contributed by atoms with E-state index < -0.39 is 6.17 Å². The molecule has 1 fully saturated rings. The van der Waals surface area contributed by atoms with Crippen LogP contribution in [0.2, 0.25) is 0 Å². The molecule has 1 saturated heterocycles. The maximum Gasteiger partial charge on any atom is 0.263 e. The normalized spacial score (nSPS) is 20.0. The van der Waals surface area contributed by atoms with Gasteiger partial charge in [0.25, 0.3) is 5.91 Å². The summed E-state index contributed by atoms with van der Waals surface area (Å²) in [6, 6.07) is 6.25. The molecule has 4 heterocycles. The number of H-pyrrole nitrogens is 1. The maximum atomic E-state index is 13.3. The molecule has 0 saturated carbocycles. The molecule has 2 aromatic heterocycles. The molecule has 0 aromatic carbocycles. The minimum Gasteiger partial charge on any atom is -0.400 e. The van der Waals surface area contributed by atoms with E-state index in [0.717, 1.165) is 0 Å². The van der Waals surface area contributed by atoms with Gasteiger partial charge in [0.15, 0.2) is 5.43 Å². The molecular formula is C19H19FN6O2. The third kappa shape index (κ3) is 3.51. The number of aromatic amines is 1. The van der Waals surface area contributed by atoms with E-state index in [9.17, 15) is 14.0 Å². The number of aliphatic imine (C=N–C) groups is 1. The average Bonchev–Trinajstić information content (AvgIpc) is 3.24. The number of hydrogen-bond donors (Lipinski definition) is 2. The van der Waals surface area contributed by atoms with Crippen LogP contribution in [0.5, 0.6) is 0 Å². The van der Waals surface area contributed by atoms with Gasteiger partial charge in [-0.25, -0.2) is 9.37 Å². The summed E-state index contributed by atoms with van der Waals surface area (Å²) in [5.74, 6) is 0.749. The number of pyridine rings is 2. The Morgan fingerprint density at radius 2 is 2.18 bits per heavy atom. The summed E-state index contributed by atoms with van der Waals surface area (Å²) in [5, 5.41) is 0. The largest absolute Gasteiger partial charge is 0.400 e. The molecule has 4 rings (SSSR count). The second kappa shape index (κ2) is 7.26. The van der Waals surface area contributed by atoms with Gasteiger partial charge in [-0.3, -0.25) is 19.5 Å². The first-order valence-corrected chi connectivity index (χ1v) is 8.89. The molecule has 144 valence electrons. The number of carbonyl (C=O) groups is 1. The van der Waals surface area contributed by atoms with E-state index in [0.29, 0.717) is 42.5 Å². The third-order valence-electron chi connectivity index (χ3n) is 4.73. The van der Waals surface area contributed by atoms with Crippen molar-refractivity contribution in [3.63, 3.8) is 0 Å². The minimum absolute atomic E-state index is 0.177. The highest BCUT2D eigenvalue weighted by molar-refractivity contribution is 6.21. The van der Waals surface area contributed by atoms with Crippen LogP contribution in [0.3, 0.4) is 0 Å². The molecule has 1 amide bonds. The van der Waals surface area contributed by atoms with Gasteiger partial charge in [0.1, 0.15) is 17.8 Å². The lowest BCUT2D eigenvalue weighted by Gasteiger charge is -2.15. The van der Waals surface area contributed by atoms with Crippen LogP contribution >= 0.6 is 0 Å². The van der Waals surface area contributed by atoms with Crippen LogP contribution in [-0.4, -0.2) is 47.9 Å². The zero-order valence-corrected chi connectivity index (χ0v) is 15.0. The number of aromatic nitrogens is 2. The molecule has 2 aliphatic rings. The molecule has 28 heavy (non-hydrogen) atoms. The van der Waals surface area contributed by atoms with Crippen LogP contribution in [0.1, 0.15) is 6.42 Å². The number of anilines is 2. The minimum atomic E-state index is -0.815. The van der Waals surface area contributed by atoms with E-state index in [-0.39, 0.29) is 23.5 Å². The summed E-state index contributed by atoms with van der Waals surface area (Å²) in [7, 11) is 0. The van der Waals surface area contributed by atoms with Crippen molar-refractivity contribution < 1.29 is 9.18 Å². The maximum absolute atomic E-state index is 13.3. The molecule has 0 bridgehead atoms. The second-order valence-electron chi connectivity index (χ2n) is 6.70. The molecule has 1 atom stereocenters. The molecule has 8 nitrogen and oxygen atoms in total. The number of nitrogens with two attached hydrogens (primary N) is 1. The van der Waals surface area contributed by atoms with Crippen molar-refractivity contribution in [3.8, 4) is 0 Å². The van der Waals surface area contributed by atoms with Gasteiger partial charge in [0.2, 0.25) is 0 Å². The highest BCUT2D eigenvalue weighted by atomic mass is 19.1. The molecule has 0 radical (unpaired) electrons. The SMILES string of the molecule is NC1=C(C=Nc2ccc(N3CC[C@H](F)C3)nc2)C(=O)N(c2cc(=O)cc[nH]2)C1. The Kier molecular flexibility index (Phi) is 4.64. The van der Waals surface area contributed by atoms with Gasteiger partial charge in [0.05, 0.1) is 30.5 Å². The van der Waals surface area contributed by atoms with E-state index in [4.69, 9.17) is 5.73 Å². The number of hydrogen-bond acceptors (Lipinski definition) is 6. The van der Waals surface area contributed by atoms with E-state index in [2.05, 4.69) is 15.0 Å². The fourth-order valence-electron chi connectivity index (χ4n) is 3.24. The van der Waals surface area contributed by atoms with E-state index >= 15 is 0 Å². The number of halogens is 1. The smallest absolute Gasteiger partial charge is 0.263 e. The molecule has 3 N–H and O–H groups in total. The number of rotatable bonds is 4. The van der Waals surface area contributed by atoms with Crippen molar-refractivity contribution in [2.24, 2.45) is 10.7 Å². The Bertz CT molecular complexity index is 1010. The zero-order chi connectivity index (χ0) is 19.7. The van der Waals surface area contributed by atoms with Gasteiger partial charge in [-0.15, -0.1) is 0 Å². The average molecular weight is 382 g/mol. The van der Waals surface area contributed by atoms with Crippen LogP contribution in [0.4, 0.5) is 21.7 Å². The second-order valence-corrected chi connectivity index (χ2v) is 6.70. The third-order valence-corrected chi connectivity index (χ3v) is 4.73. The Labute approximate surface area is 160 Å². The van der Waals surface area contributed by atoms with Crippen LogP contribution in [0.25, 0.3) is 0 Å². The highest BCUT2D eigenvalue weighted by Gasteiger charge is 2.29. The molecule has 2 aromatic rings. The fraction of sp³-hybridized carbons (Fsp3) is 0.263. The predicted octanol–water partition coefficient (Wildman–Crippen LogP) is 1.28. The lowest BCUT2D eigenvalue weighted by atomic mass is 10.2. The summed E-state index contributed by atoms with van der Waals surface area (Å²) in [5.41, 5.74) is 6.99. The van der Waals surface area contributed by atoms with E-state index in [1.165, 1.54) is 29.4 Å². The first-order valence-electron chi connectivity index (χ1n) is 8.89. The van der Waals surface area contributed by atoms with Crippen molar-refractivity contribution in [1.29, 1.82) is 0 Å². The summed E-state index contributed by atoms with van der Waals surface area (Å²) < 4.78 is 13.3. The molecule has 0 unspecified atom stereocenters. The number of alkyl halides is 1. The van der Waals surface area contributed by atoms with Gasteiger partial charge in [-0.2, -0.15) is 0 Å². The highest BCUT2D eigenvalue weighted by Crippen LogP contribution is 2.23. The lowest BCUT2D eigenvalue weighted by Crippen LogP contribution is -2.29. The van der Waals surface area contributed by atoms with Crippen LogP contribution in [0, 0.1) is 0 Å². The Hall–Kier alpha value is -3.49. The monoisotopic (exact) mass is 382 g/mol. The number of nitrogens with one attached hydrogen (secondary N) is 1. The van der Waals surface area contributed by atoms with Gasteiger partial charge >= 0.3 is 0 Å². The van der Waals surface area contributed by atoms with E-state index in [1.54, 1.807) is 18.3 Å². The van der Waals surface area contributed by atoms with Crippen molar-refractivity contribution >= 4 is 29.4 Å². The van der Waals surface area contributed by atoms with Crippen molar-refractivity contribution in [2.45, 2.75) is 12.6 Å². The van der Waals surface area contributed by atoms with Gasteiger partial charge in [-0.1, -0.05) is 0 Å². The number of nitrogens with zero attached hydrogens (tertiary/aromatic N) is 4. The van der Waals surface area contributed by atoms with Crippen LogP contribution < -0.4 is 21.0 Å². The molecule has 9 heteroatoms. The predicted molar refractivity (Wildman–Crippen MR) is 105 cm³/mol. The molecule has 2 aliphatic heterocycles. The Morgan fingerprint density at radius 3 is 2.86 bits per heavy atom. The van der Waals surface area contributed by atoms with Gasteiger partial charge < -0.3 is 15.6 Å². The quantitative estimate of drug-likeness (QED) is 0.775. The summed E-state index contributed by atoms with van der Waals surface area (Å²) in [6.07, 6.45) is 4.15. The van der Waals surface area contributed by atoms with Crippen molar-refractivity contribution in [3.05, 3.63) is 58.2 Å². The lowest BCUT2D eigenvalue weighted by molar-refractivity contribution is -0.114. The summed E-state index contributed by atoms with van der Waals surface area (Å²) in [6.45, 7) is 1.17. The van der Waals surface area contributed by atoms with Gasteiger partial charge in [-0.05, 0) is 18.6 Å². The molecular weight excluding hydrogens is 363 g/mol. The summed E-state index contributed by atoms with van der Waals surface area (Å²) in [4.78, 5) is 38.9. The van der Waals surface area contributed by atoms with E-state index in [1.807, 2.05) is 4.90 Å². The Balaban J connectivity index is 1.47. The first-order chi connectivity index (χ1) is 13.5. The number of amides is 1. The van der Waals surface area contributed by atoms with Crippen LogP contribution in [0.15, 0.2) is 57.7 Å². The number of carbonyl (C=O) groups excluding carboxylic acids is 1. The fourth-order valence-corrected chi connectivity index (χ4v) is 3.24. The first kappa shape index (κ1) is 17.9.